The predicted octanol–water partition coefficient (Wildman–Crippen LogP) is -2.16. The average Bonchev–Trinajstić information content (AvgIpc) is 3.51. The third kappa shape index (κ3) is 4.43. The number of hydrogen-bond acceptors (Lipinski definition) is 13. The molecule has 11 atom stereocenters. The molecule has 2 amide bonds. The van der Waals surface area contributed by atoms with Gasteiger partial charge in [0.2, 0.25) is 18.6 Å². The van der Waals surface area contributed by atoms with E-state index in [9.17, 15) is 40.2 Å². The first-order valence-electron chi connectivity index (χ1n) is 13.3. The molecule has 3 heterocycles. The number of ether oxygens (including phenoxy) is 3. The van der Waals surface area contributed by atoms with Crippen LogP contribution >= 0.6 is 0 Å². The standard InChI is InChI=1S/C26H32N2O12/c29-8-17-21(32)22(33)23(34)26(39-17)40-27-13-6-14(30)20(31)18-11(13)2-3-12-19(18)25(36)28(24(12)35)7-10-1-4-15-16(5-10)38-9-37-15/h1,4-5,11-12,14,17-23,26,29-34H,2-3,6-9H2/t11-,12+,14+,17+,18-,19+,20+,21+,22-,23+,26-/m0/s1. The fraction of sp³-hybridized carbons (Fsp3) is 0.654. The molecule has 2 aliphatic carbocycles. The second-order valence-electron chi connectivity index (χ2n) is 11.0. The van der Waals surface area contributed by atoms with Crippen LogP contribution < -0.4 is 9.47 Å². The van der Waals surface area contributed by atoms with Gasteiger partial charge in [0.15, 0.2) is 11.5 Å². The van der Waals surface area contributed by atoms with Gasteiger partial charge in [0.05, 0.1) is 42.9 Å². The van der Waals surface area contributed by atoms with Crippen LogP contribution in [-0.4, -0.2) is 109 Å². The summed E-state index contributed by atoms with van der Waals surface area (Å²) in [6, 6.07) is 5.18. The van der Waals surface area contributed by atoms with Gasteiger partial charge in [0.1, 0.15) is 24.4 Å². The SMILES string of the molecule is O=C1[C@H]2[C@H]3[C@H](O)[C@H](O)CC(=NO[C@@H]4O[C@H](CO)[C@@H](O)[C@H](O)[C@H]4O)[C@@H]3CC[C@H]2C(=O)N1Cc1ccc2c(c1)OCO2. The summed E-state index contributed by atoms with van der Waals surface area (Å²) >= 11 is 0. The first kappa shape index (κ1) is 27.3. The highest BCUT2D eigenvalue weighted by Gasteiger charge is 2.59. The smallest absolute Gasteiger partial charge is 0.256 e. The number of carbonyl (C=O) groups excluding carboxylic acids is 2. The zero-order valence-electron chi connectivity index (χ0n) is 21.4. The fourth-order valence-electron chi connectivity index (χ4n) is 6.69. The lowest BCUT2D eigenvalue weighted by atomic mass is 9.60. The molecule has 0 aromatic heterocycles. The number of benzene rings is 1. The molecule has 14 nitrogen and oxygen atoms in total. The molecule has 4 fully saturated rings. The van der Waals surface area contributed by atoms with Crippen molar-refractivity contribution in [3.8, 4) is 11.5 Å². The summed E-state index contributed by atoms with van der Waals surface area (Å²) in [4.78, 5) is 33.6. The van der Waals surface area contributed by atoms with Gasteiger partial charge in [-0.25, -0.2) is 0 Å². The van der Waals surface area contributed by atoms with Crippen LogP contribution in [0.25, 0.3) is 0 Å². The number of oxime groups is 1. The second kappa shape index (κ2) is 10.5. The summed E-state index contributed by atoms with van der Waals surface area (Å²) in [5, 5.41) is 65.4. The monoisotopic (exact) mass is 564 g/mol. The minimum absolute atomic E-state index is 0.0263. The lowest BCUT2D eigenvalue weighted by Crippen LogP contribution is -2.59. The van der Waals surface area contributed by atoms with E-state index in [0.717, 1.165) is 0 Å². The third-order valence-electron chi connectivity index (χ3n) is 8.77. The Morgan fingerprint density at radius 2 is 1.68 bits per heavy atom. The number of carbonyl (C=O) groups is 2. The topological polar surface area (TPSA) is 208 Å². The van der Waals surface area contributed by atoms with Gasteiger partial charge in [0, 0.05) is 18.3 Å². The second-order valence-corrected chi connectivity index (χ2v) is 11.0. The van der Waals surface area contributed by atoms with E-state index in [1.165, 1.54) is 4.90 Å². The number of likely N-dealkylation sites (tertiary alicyclic amines) is 1. The van der Waals surface area contributed by atoms with Gasteiger partial charge in [-0.15, -0.1) is 0 Å². The maximum Gasteiger partial charge on any atom is 0.256 e. The molecule has 3 aliphatic heterocycles. The van der Waals surface area contributed by atoms with Gasteiger partial charge >= 0.3 is 0 Å². The van der Waals surface area contributed by atoms with Crippen LogP contribution in [-0.2, 0) is 25.7 Å². The van der Waals surface area contributed by atoms with Crippen molar-refractivity contribution in [1.82, 2.24) is 4.90 Å². The predicted molar refractivity (Wildman–Crippen MR) is 130 cm³/mol. The number of imide groups is 1. The zero-order chi connectivity index (χ0) is 28.3. The molecule has 1 aromatic rings. The van der Waals surface area contributed by atoms with E-state index in [2.05, 4.69) is 5.16 Å². The lowest BCUT2D eigenvalue weighted by molar-refractivity contribution is -0.301. The molecule has 40 heavy (non-hydrogen) atoms. The van der Waals surface area contributed by atoms with Crippen molar-refractivity contribution < 1.29 is 59.3 Å². The molecule has 6 N–H and O–H groups in total. The van der Waals surface area contributed by atoms with Crippen molar-refractivity contribution in [2.24, 2.45) is 28.8 Å². The maximum absolute atomic E-state index is 13.6. The highest BCUT2D eigenvalue weighted by Crippen LogP contribution is 2.50. The van der Waals surface area contributed by atoms with Crippen LogP contribution in [0.2, 0.25) is 0 Å². The molecule has 5 aliphatic rings. The Kier molecular flexibility index (Phi) is 7.19. The Morgan fingerprint density at radius 3 is 2.45 bits per heavy atom. The van der Waals surface area contributed by atoms with Crippen molar-refractivity contribution in [1.29, 1.82) is 0 Å². The molecule has 0 bridgehead atoms. The van der Waals surface area contributed by atoms with E-state index in [0.29, 0.717) is 35.6 Å². The molecule has 1 aromatic carbocycles. The van der Waals surface area contributed by atoms with Gasteiger partial charge < -0.3 is 49.7 Å². The van der Waals surface area contributed by atoms with Crippen LogP contribution in [0.1, 0.15) is 24.8 Å². The van der Waals surface area contributed by atoms with E-state index in [4.69, 9.17) is 19.0 Å². The summed E-state index contributed by atoms with van der Waals surface area (Å²) in [6.45, 7) is -0.519. The van der Waals surface area contributed by atoms with Crippen molar-refractivity contribution in [2.45, 2.75) is 68.7 Å². The minimum Gasteiger partial charge on any atom is -0.454 e. The van der Waals surface area contributed by atoms with Crippen molar-refractivity contribution in [2.75, 3.05) is 13.4 Å². The molecule has 0 radical (unpaired) electrons. The van der Waals surface area contributed by atoms with E-state index in [1.807, 2.05) is 0 Å². The first-order valence-corrected chi connectivity index (χ1v) is 13.3. The van der Waals surface area contributed by atoms with Gasteiger partial charge in [-0.2, -0.15) is 0 Å². The van der Waals surface area contributed by atoms with E-state index in [1.54, 1.807) is 18.2 Å². The lowest BCUT2D eigenvalue weighted by Gasteiger charge is -2.45. The molecule has 0 spiro atoms. The van der Waals surface area contributed by atoms with Crippen LogP contribution in [0.15, 0.2) is 23.4 Å². The number of amides is 2. The van der Waals surface area contributed by atoms with Crippen LogP contribution in [0.3, 0.4) is 0 Å². The zero-order valence-corrected chi connectivity index (χ0v) is 21.4. The highest BCUT2D eigenvalue weighted by atomic mass is 16.8. The molecule has 0 unspecified atom stereocenters. The molecule has 14 heteroatoms. The van der Waals surface area contributed by atoms with Crippen molar-refractivity contribution >= 4 is 17.5 Å². The Bertz CT molecular complexity index is 1190. The normalized spacial score (nSPS) is 41.7. The summed E-state index contributed by atoms with van der Waals surface area (Å²) in [5.74, 6) is -2.52. The molecule has 2 saturated heterocycles. The van der Waals surface area contributed by atoms with E-state index >= 15 is 0 Å². The summed E-state index contributed by atoms with van der Waals surface area (Å²) in [6.07, 6.45) is -9.52. The van der Waals surface area contributed by atoms with Gasteiger partial charge in [-0.3, -0.25) is 14.5 Å². The number of rotatable bonds is 5. The maximum atomic E-state index is 13.6. The number of aliphatic hydroxyl groups is 6. The molecule has 2 saturated carbocycles. The van der Waals surface area contributed by atoms with Gasteiger partial charge in [0.25, 0.3) is 6.29 Å². The quantitative estimate of drug-likeness (QED) is 0.167. The van der Waals surface area contributed by atoms with Crippen LogP contribution in [0.4, 0.5) is 0 Å². The third-order valence-corrected chi connectivity index (χ3v) is 8.77. The highest BCUT2D eigenvalue weighted by molar-refractivity contribution is 6.06. The fourth-order valence-corrected chi connectivity index (χ4v) is 6.69. The Hall–Kier alpha value is -2.85. The van der Waals surface area contributed by atoms with E-state index in [-0.39, 0.29) is 25.7 Å². The van der Waals surface area contributed by atoms with Crippen molar-refractivity contribution in [3.05, 3.63) is 23.8 Å². The average molecular weight is 565 g/mol. The van der Waals surface area contributed by atoms with Gasteiger partial charge in [-0.1, -0.05) is 11.2 Å². The first-order chi connectivity index (χ1) is 19.2. The molecule has 6 rings (SSSR count). The summed E-state index contributed by atoms with van der Waals surface area (Å²) in [7, 11) is 0. The van der Waals surface area contributed by atoms with Crippen LogP contribution in [0.5, 0.6) is 11.5 Å². The Morgan fingerprint density at radius 1 is 0.925 bits per heavy atom. The number of aliphatic hydroxyl groups excluding tert-OH is 6. The van der Waals surface area contributed by atoms with Crippen molar-refractivity contribution in [3.63, 3.8) is 0 Å². The number of hydrogen-bond donors (Lipinski definition) is 6. The molecule has 218 valence electrons. The molecular formula is C26H32N2O12. The Balaban J connectivity index is 1.22. The van der Waals surface area contributed by atoms with Gasteiger partial charge in [-0.05, 0) is 30.5 Å². The number of fused-ring (bicyclic) bond motifs is 4. The van der Waals surface area contributed by atoms with E-state index < -0.39 is 79.1 Å². The minimum atomic E-state index is -1.67. The van der Waals surface area contributed by atoms with Crippen LogP contribution in [0, 0.1) is 23.7 Å². The Labute approximate surface area is 228 Å². The molecular weight excluding hydrogens is 532 g/mol. The summed E-state index contributed by atoms with van der Waals surface area (Å²) in [5.41, 5.74) is 0.994. The number of nitrogens with zero attached hydrogens (tertiary/aromatic N) is 2. The summed E-state index contributed by atoms with van der Waals surface area (Å²) < 4.78 is 16.0. The largest absolute Gasteiger partial charge is 0.454 e.